The molecule has 2 heterocycles. The van der Waals surface area contributed by atoms with Gasteiger partial charge in [-0.2, -0.15) is 0 Å². The van der Waals surface area contributed by atoms with E-state index in [1.807, 2.05) is 37.4 Å². The fraction of sp³-hybridized carbons (Fsp3) is 0.353. The Morgan fingerprint density at radius 3 is 2.96 bits per heavy atom. The van der Waals surface area contributed by atoms with E-state index in [0.29, 0.717) is 19.7 Å². The predicted molar refractivity (Wildman–Crippen MR) is 90.3 cm³/mol. The monoisotopic (exact) mass is 332 g/mol. The van der Waals surface area contributed by atoms with Gasteiger partial charge in [-0.3, -0.25) is 4.90 Å². The molecule has 5 nitrogen and oxygen atoms in total. The zero-order valence-corrected chi connectivity index (χ0v) is 13.8. The number of hydrogen-bond donors (Lipinski definition) is 1. The summed E-state index contributed by atoms with van der Waals surface area (Å²) in [6, 6.07) is 11.8. The molecule has 0 aliphatic heterocycles. The molecule has 122 valence electrons. The normalized spacial score (nSPS) is 13.0. The molecule has 0 saturated carbocycles. The molecule has 0 spiro atoms. The molecule has 0 bridgehead atoms. The Hall–Kier alpha value is -1.73. The molecule has 3 aromatic rings. The molecule has 0 aliphatic carbocycles. The number of nitrogens with zero attached hydrogens (tertiary/aromatic N) is 2. The molecule has 1 aromatic carbocycles. The summed E-state index contributed by atoms with van der Waals surface area (Å²) >= 11 is 1.69. The van der Waals surface area contributed by atoms with Crippen LogP contribution in [0, 0.1) is 0 Å². The van der Waals surface area contributed by atoms with E-state index in [2.05, 4.69) is 16.0 Å². The van der Waals surface area contributed by atoms with Crippen LogP contribution in [0.15, 0.2) is 47.1 Å². The number of hydrogen-bond acceptors (Lipinski definition) is 6. The second-order valence-electron chi connectivity index (χ2n) is 5.52. The third kappa shape index (κ3) is 4.62. The van der Waals surface area contributed by atoms with Gasteiger partial charge in [0.15, 0.2) is 0 Å². The van der Waals surface area contributed by atoms with E-state index in [4.69, 9.17) is 9.15 Å². The van der Waals surface area contributed by atoms with E-state index in [1.54, 1.807) is 17.6 Å². The summed E-state index contributed by atoms with van der Waals surface area (Å²) in [6.07, 6.45) is 1.07. The number of thiazole rings is 1. The van der Waals surface area contributed by atoms with Crippen LogP contribution < -0.4 is 0 Å². The predicted octanol–water partition coefficient (Wildman–Crippen LogP) is 2.90. The molecule has 6 heteroatoms. The number of furan rings is 1. The van der Waals surface area contributed by atoms with E-state index in [-0.39, 0.29) is 6.61 Å². The van der Waals surface area contributed by atoms with E-state index >= 15 is 0 Å². The van der Waals surface area contributed by atoms with Gasteiger partial charge in [-0.1, -0.05) is 12.1 Å². The van der Waals surface area contributed by atoms with Gasteiger partial charge in [0.05, 0.1) is 35.7 Å². The van der Waals surface area contributed by atoms with Gasteiger partial charge in [0.1, 0.15) is 17.4 Å². The van der Waals surface area contributed by atoms with Crippen LogP contribution in [0.5, 0.6) is 0 Å². The number of fused-ring (bicyclic) bond motifs is 1. The van der Waals surface area contributed by atoms with Crippen molar-refractivity contribution in [1.29, 1.82) is 0 Å². The first kappa shape index (κ1) is 16.1. The lowest BCUT2D eigenvalue weighted by Gasteiger charge is -2.19. The van der Waals surface area contributed by atoms with Crippen LogP contribution in [0.25, 0.3) is 10.2 Å². The zero-order chi connectivity index (χ0) is 16.1. The maximum Gasteiger partial charge on any atom is 0.129 e. The highest BCUT2D eigenvalue weighted by Gasteiger charge is 2.11. The van der Waals surface area contributed by atoms with Crippen LogP contribution in [0.4, 0.5) is 0 Å². The van der Waals surface area contributed by atoms with Crippen molar-refractivity contribution < 1.29 is 14.3 Å². The molecule has 0 aliphatic rings. The standard InChI is InChI=1S/C17H20N2O3S/c1-19(9-13(20)11-21-12-14-5-4-8-22-14)10-17-18-15-6-2-3-7-16(15)23-17/h2-8,13,20H,9-12H2,1H3/t13-/m0/s1. The summed E-state index contributed by atoms with van der Waals surface area (Å²) < 4.78 is 11.8. The molecule has 0 amide bonds. The maximum absolute atomic E-state index is 10.1. The number of para-hydroxylation sites is 1. The van der Waals surface area contributed by atoms with E-state index in [0.717, 1.165) is 16.3 Å². The molecule has 23 heavy (non-hydrogen) atoms. The fourth-order valence-corrected chi connectivity index (χ4v) is 3.43. The first-order valence-electron chi connectivity index (χ1n) is 7.52. The zero-order valence-electron chi connectivity index (χ0n) is 13.0. The van der Waals surface area contributed by atoms with Crippen LogP contribution >= 0.6 is 11.3 Å². The minimum Gasteiger partial charge on any atom is -0.467 e. The third-order valence-corrected chi connectivity index (χ3v) is 4.42. The number of likely N-dealkylation sites (N-methyl/N-ethyl adjacent to an activating group) is 1. The third-order valence-electron chi connectivity index (χ3n) is 3.40. The van der Waals surface area contributed by atoms with Crippen molar-refractivity contribution in [2.75, 3.05) is 20.2 Å². The Morgan fingerprint density at radius 1 is 1.30 bits per heavy atom. The summed E-state index contributed by atoms with van der Waals surface area (Å²) in [4.78, 5) is 6.66. The topological polar surface area (TPSA) is 58.7 Å². The van der Waals surface area contributed by atoms with Crippen LogP contribution in [0.3, 0.4) is 0 Å². The number of aromatic nitrogens is 1. The van der Waals surface area contributed by atoms with E-state index < -0.39 is 6.10 Å². The van der Waals surface area contributed by atoms with Gasteiger partial charge in [-0.25, -0.2) is 4.98 Å². The first-order chi connectivity index (χ1) is 11.2. The molecule has 2 aromatic heterocycles. The van der Waals surface area contributed by atoms with Crippen molar-refractivity contribution >= 4 is 21.6 Å². The van der Waals surface area contributed by atoms with Crippen molar-refractivity contribution in [1.82, 2.24) is 9.88 Å². The summed E-state index contributed by atoms with van der Waals surface area (Å²) in [6.45, 7) is 1.92. The Bertz CT molecular complexity index is 693. The summed E-state index contributed by atoms with van der Waals surface area (Å²) in [5, 5.41) is 11.1. The van der Waals surface area contributed by atoms with Crippen LogP contribution in [0.1, 0.15) is 10.8 Å². The number of aliphatic hydroxyl groups excluding tert-OH is 1. The average molecular weight is 332 g/mol. The van der Waals surface area contributed by atoms with Crippen molar-refractivity contribution in [2.24, 2.45) is 0 Å². The van der Waals surface area contributed by atoms with Crippen molar-refractivity contribution in [3.63, 3.8) is 0 Å². The highest BCUT2D eigenvalue weighted by atomic mass is 32.1. The van der Waals surface area contributed by atoms with Gasteiger partial charge in [0.25, 0.3) is 0 Å². The second-order valence-corrected chi connectivity index (χ2v) is 6.64. The molecule has 0 unspecified atom stereocenters. The smallest absolute Gasteiger partial charge is 0.129 e. The maximum atomic E-state index is 10.1. The van der Waals surface area contributed by atoms with Crippen molar-refractivity contribution in [3.8, 4) is 0 Å². The molecular weight excluding hydrogens is 312 g/mol. The number of benzene rings is 1. The van der Waals surface area contributed by atoms with Crippen LogP contribution in [0.2, 0.25) is 0 Å². The molecule has 1 atom stereocenters. The van der Waals surface area contributed by atoms with Gasteiger partial charge < -0.3 is 14.3 Å². The highest BCUT2D eigenvalue weighted by molar-refractivity contribution is 7.18. The Labute approximate surface area is 139 Å². The van der Waals surface area contributed by atoms with Gasteiger partial charge in [-0.15, -0.1) is 11.3 Å². The molecule has 1 N–H and O–H groups in total. The average Bonchev–Trinajstić information content (AvgIpc) is 3.15. The first-order valence-corrected chi connectivity index (χ1v) is 8.33. The lowest BCUT2D eigenvalue weighted by Crippen LogP contribution is -2.31. The second kappa shape index (κ2) is 7.70. The Kier molecular flexibility index (Phi) is 5.40. The number of rotatable bonds is 8. The Morgan fingerprint density at radius 2 is 2.17 bits per heavy atom. The largest absolute Gasteiger partial charge is 0.467 e. The van der Waals surface area contributed by atoms with Crippen molar-refractivity contribution in [2.45, 2.75) is 19.3 Å². The van der Waals surface area contributed by atoms with Gasteiger partial charge in [0, 0.05) is 6.54 Å². The van der Waals surface area contributed by atoms with Gasteiger partial charge >= 0.3 is 0 Å². The minimum atomic E-state index is -0.538. The molecule has 0 fully saturated rings. The summed E-state index contributed by atoms with van der Waals surface area (Å²) in [5.74, 6) is 0.764. The summed E-state index contributed by atoms with van der Waals surface area (Å²) in [7, 11) is 1.97. The molecular formula is C17H20N2O3S. The molecule has 0 saturated heterocycles. The molecule has 0 radical (unpaired) electrons. The van der Waals surface area contributed by atoms with Crippen LogP contribution in [-0.2, 0) is 17.9 Å². The lowest BCUT2D eigenvalue weighted by molar-refractivity contribution is 0.00768. The highest BCUT2D eigenvalue weighted by Crippen LogP contribution is 2.22. The molecule has 3 rings (SSSR count). The lowest BCUT2D eigenvalue weighted by atomic mass is 10.3. The van der Waals surface area contributed by atoms with Gasteiger partial charge in [0.2, 0.25) is 0 Å². The van der Waals surface area contributed by atoms with Crippen LogP contribution in [-0.4, -0.2) is 41.3 Å². The number of ether oxygens (including phenoxy) is 1. The minimum absolute atomic E-state index is 0.283. The van der Waals surface area contributed by atoms with E-state index in [1.165, 1.54) is 4.70 Å². The fourth-order valence-electron chi connectivity index (χ4n) is 2.39. The SMILES string of the molecule is CN(Cc1nc2ccccc2s1)C[C@H](O)COCc1ccco1. The Balaban J connectivity index is 1.43. The van der Waals surface area contributed by atoms with E-state index in [9.17, 15) is 5.11 Å². The van der Waals surface area contributed by atoms with Gasteiger partial charge in [-0.05, 0) is 31.3 Å². The quantitative estimate of drug-likeness (QED) is 0.687. The summed E-state index contributed by atoms with van der Waals surface area (Å²) in [5.41, 5.74) is 1.03. The van der Waals surface area contributed by atoms with Crippen molar-refractivity contribution in [3.05, 3.63) is 53.4 Å². The number of aliphatic hydroxyl groups is 1.